The monoisotopic (exact) mass is 316 g/mol. The molecule has 1 fully saturated rings. The van der Waals surface area contributed by atoms with Crippen LogP contribution >= 0.6 is 11.3 Å². The van der Waals surface area contributed by atoms with Crippen LogP contribution in [0.25, 0.3) is 0 Å². The van der Waals surface area contributed by atoms with Crippen molar-refractivity contribution < 1.29 is 8.42 Å². The van der Waals surface area contributed by atoms with E-state index in [1.165, 1.54) is 11.3 Å². The van der Waals surface area contributed by atoms with Gasteiger partial charge in [-0.3, -0.25) is 0 Å². The molecule has 4 nitrogen and oxygen atoms in total. The molecule has 1 heterocycles. The van der Waals surface area contributed by atoms with E-state index in [-0.39, 0.29) is 6.04 Å². The smallest absolute Gasteiger partial charge is 0.242 e. The van der Waals surface area contributed by atoms with E-state index in [2.05, 4.69) is 23.9 Å². The fourth-order valence-electron chi connectivity index (χ4n) is 2.59. The number of sulfonamides is 1. The van der Waals surface area contributed by atoms with Gasteiger partial charge in [-0.2, -0.15) is 0 Å². The second-order valence-corrected chi connectivity index (χ2v) is 8.42. The number of hydrogen-bond acceptors (Lipinski definition) is 4. The first-order chi connectivity index (χ1) is 9.40. The van der Waals surface area contributed by atoms with Crippen molar-refractivity contribution in [3.8, 4) is 0 Å². The van der Waals surface area contributed by atoms with Gasteiger partial charge in [-0.1, -0.05) is 26.7 Å². The number of hydrogen-bond donors (Lipinski definition) is 2. The zero-order valence-corrected chi connectivity index (χ0v) is 14.0. The van der Waals surface area contributed by atoms with Gasteiger partial charge in [0.05, 0.1) is 0 Å². The summed E-state index contributed by atoms with van der Waals surface area (Å²) in [7, 11) is -3.39. The lowest BCUT2D eigenvalue weighted by Crippen LogP contribution is -2.33. The summed E-state index contributed by atoms with van der Waals surface area (Å²) in [6.07, 6.45) is 4.17. The van der Waals surface area contributed by atoms with Gasteiger partial charge < -0.3 is 5.32 Å². The zero-order chi connectivity index (χ0) is 14.8. The van der Waals surface area contributed by atoms with Crippen LogP contribution in [-0.4, -0.2) is 20.5 Å². The van der Waals surface area contributed by atoms with Crippen LogP contribution < -0.4 is 10.0 Å². The molecule has 2 N–H and O–H groups in total. The van der Waals surface area contributed by atoms with Gasteiger partial charge in [0.15, 0.2) is 0 Å². The molecule has 1 aromatic rings. The SMILES string of the molecule is Cc1csc(CNC(C)C)c1S(=O)(=O)NC1CCCC1. The van der Waals surface area contributed by atoms with Crippen molar-refractivity contribution in [1.29, 1.82) is 0 Å². The van der Waals surface area contributed by atoms with Crippen LogP contribution in [0, 0.1) is 6.92 Å². The van der Waals surface area contributed by atoms with Gasteiger partial charge in [0.25, 0.3) is 0 Å². The summed E-state index contributed by atoms with van der Waals surface area (Å²) >= 11 is 1.52. The minimum atomic E-state index is -3.39. The molecule has 0 saturated heterocycles. The van der Waals surface area contributed by atoms with Crippen LogP contribution in [0.5, 0.6) is 0 Å². The van der Waals surface area contributed by atoms with Gasteiger partial charge in [-0.25, -0.2) is 13.1 Å². The molecule has 0 aromatic carbocycles. The highest BCUT2D eigenvalue weighted by molar-refractivity contribution is 7.89. The first kappa shape index (κ1) is 15.9. The van der Waals surface area contributed by atoms with Crippen LogP contribution in [0.3, 0.4) is 0 Å². The van der Waals surface area contributed by atoms with E-state index in [1.807, 2.05) is 12.3 Å². The molecule has 1 aromatic heterocycles. The summed E-state index contributed by atoms with van der Waals surface area (Å²) in [5.41, 5.74) is 0.848. The Hall–Kier alpha value is -0.430. The second-order valence-electron chi connectivity index (χ2n) is 5.81. The maximum Gasteiger partial charge on any atom is 0.242 e. The third-order valence-corrected chi connectivity index (χ3v) is 6.59. The van der Waals surface area contributed by atoms with Gasteiger partial charge in [-0.15, -0.1) is 11.3 Å². The molecule has 0 amide bonds. The van der Waals surface area contributed by atoms with E-state index in [1.54, 1.807) is 0 Å². The van der Waals surface area contributed by atoms with Crippen molar-refractivity contribution in [2.45, 2.75) is 70.0 Å². The van der Waals surface area contributed by atoms with E-state index >= 15 is 0 Å². The lowest BCUT2D eigenvalue weighted by atomic mass is 10.3. The first-order valence-corrected chi connectivity index (χ1v) is 9.59. The van der Waals surface area contributed by atoms with E-state index in [4.69, 9.17) is 0 Å². The Bertz CT molecular complexity index is 544. The molecule has 6 heteroatoms. The summed E-state index contributed by atoms with van der Waals surface area (Å²) < 4.78 is 28.1. The Morgan fingerprint density at radius 3 is 2.60 bits per heavy atom. The van der Waals surface area contributed by atoms with Crippen molar-refractivity contribution in [2.75, 3.05) is 0 Å². The molecule has 20 heavy (non-hydrogen) atoms. The van der Waals surface area contributed by atoms with E-state index in [0.717, 1.165) is 36.1 Å². The first-order valence-electron chi connectivity index (χ1n) is 7.23. The largest absolute Gasteiger partial charge is 0.310 e. The summed E-state index contributed by atoms with van der Waals surface area (Å²) in [6, 6.07) is 0.459. The number of rotatable bonds is 6. The number of aryl methyl sites for hydroxylation is 1. The zero-order valence-electron chi connectivity index (χ0n) is 12.4. The normalized spacial score (nSPS) is 17.2. The fourth-order valence-corrected chi connectivity index (χ4v) is 5.66. The van der Waals surface area contributed by atoms with Gasteiger partial charge in [0.1, 0.15) is 4.90 Å². The van der Waals surface area contributed by atoms with Gasteiger partial charge >= 0.3 is 0 Å². The highest BCUT2D eigenvalue weighted by Gasteiger charge is 2.27. The van der Waals surface area contributed by atoms with Crippen LogP contribution in [0.2, 0.25) is 0 Å². The topological polar surface area (TPSA) is 58.2 Å². The molecule has 0 bridgehead atoms. The van der Waals surface area contributed by atoms with Crippen LogP contribution in [0.1, 0.15) is 50.0 Å². The van der Waals surface area contributed by atoms with Crippen molar-refractivity contribution in [2.24, 2.45) is 0 Å². The summed E-state index contributed by atoms with van der Waals surface area (Å²) in [5.74, 6) is 0. The van der Waals surface area contributed by atoms with Crippen LogP contribution in [-0.2, 0) is 16.6 Å². The molecular weight excluding hydrogens is 292 g/mol. The highest BCUT2D eigenvalue weighted by Crippen LogP contribution is 2.28. The van der Waals surface area contributed by atoms with Gasteiger partial charge in [0.2, 0.25) is 10.0 Å². The number of nitrogens with one attached hydrogen (secondary N) is 2. The maximum atomic E-state index is 12.6. The third kappa shape index (κ3) is 3.81. The average Bonchev–Trinajstić information content (AvgIpc) is 2.95. The molecule has 0 radical (unpaired) electrons. The minimum Gasteiger partial charge on any atom is -0.310 e. The molecule has 0 atom stereocenters. The minimum absolute atomic E-state index is 0.116. The summed E-state index contributed by atoms with van der Waals surface area (Å²) in [5, 5.41) is 5.23. The molecule has 2 rings (SSSR count). The third-order valence-electron chi connectivity index (χ3n) is 3.61. The Morgan fingerprint density at radius 1 is 1.35 bits per heavy atom. The fraction of sp³-hybridized carbons (Fsp3) is 0.714. The molecule has 0 aliphatic heterocycles. The maximum absolute atomic E-state index is 12.6. The van der Waals surface area contributed by atoms with Gasteiger partial charge in [-0.05, 0) is 30.7 Å². The lowest BCUT2D eigenvalue weighted by Gasteiger charge is -2.15. The average molecular weight is 316 g/mol. The summed E-state index contributed by atoms with van der Waals surface area (Å²) in [4.78, 5) is 1.39. The lowest BCUT2D eigenvalue weighted by molar-refractivity contribution is 0.547. The Labute approximate surface area is 126 Å². The van der Waals surface area contributed by atoms with E-state index in [0.29, 0.717) is 17.5 Å². The van der Waals surface area contributed by atoms with Crippen molar-refractivity contribution in [3.63, 3.8) is 0 Å². The second kappa shape index (κ2) is 6.56. The molecule has 1 saturated carbocycles. The molecule has 1 aliphatic rings. The Morgan fingerprint density at radius 2 is 2.00 bits per heavy atom. The van der Waals surface area contributed by atoms with Crippen molar-refractivity contribution >= 4 is 21.4 Å². The Balaban J connectivity index is 2.19. The molecular formula is C14H24N2O2S2. The number of thiophene rings is 1. The quantitative estimate of drug-likeness (QED) is 0.848. The van der Waals surface area contributed by atoms with Crippen LogP contribution in [0.15, 0.2) is 10.3 Å². The van der Waals surface area contributed by atoms with Gasteiger partial charge in [0, 0.05) is 23.5 Å². The standard InChI is InChI=1S/C14H24N2O2S2/c1-10(2)15-8-13-14(11(3)9-19-13)20(17,18)16-12-6-4-5-7-12/h9-10,12,15-16H,4-8H2,1-3H3. The van der Waals surface area contributed by atoms with E-state index < -0.39 is 10.0 Å². The van der Waals surface area contributed by atoms with Crippen molar-refractivity contribution in [1.82, 2.24) is 10.0 Å². The predicted octanol–water partition coefficient (Wildman–Crippen LogP) is 2.78. The highest BCUT2D eigenvalue weighted by atomic mass is 32.2. The Kier molecular flexibility index (Phi) is 5.23. The van der Waals surface area contributed by atoms with E-state index in [9.17, 15) is 8.42 Å². The predicted molar refractivity (Wildman–Crippen MR) is 83.6 cm³/mol. The summed E-state index contributed by atoms with van der Waals surface area (Å²) in [6.45, 7) is 6.60. The molecule has 114 valence electrons. The van der Waals surface area contributed by atoms with Crippen molar-refractivity contribution in [3.05, 3.63) is 15.8 Å². The molecule has 0 spiro atoms. The molecule has 1 aliphatic carbocycles. The van der Waals surface area contributed by atoms with Crippen LogP contribution in [0.4, 0.5) is 0 Å². The molecule has 0 unspecified atom stereocenters.